The highest BCUT2D eigenvalue weighted by Gasteiger charge is 2.11. The van der Waals surface area contributed by atoms with Crippen LogP contribution in [-0.4, -0.2) is 40.0 Å². The quantitative estimate of drug-likeness (QED) is 0.574. The molecule has 0 aromatic heterocycles. The summed E-state index contributed by atoms with van der Waals surface area (Å²) in [5.41, 5.74) is 1.37. The third-order valence-corrected chi connectivity index (χ3v) is 3.88. The van der Waals surface area contributed by atoms with Gasteiger partial charge in [0.2, 0.25) is 0 Å². The first-order chi connectivity index (χ1) is 10.3. The number of methoxy groups -OCH3 is 1. The van der Waals surface area contributed by atoms with Crippen molar-refractivity contribution in [1.29, 1.82) is 0 Å². The largest absolute Gasteiger partial charge is 0.385 e. The summed E-state index contributed by atoms with van der Waals surface area (Å²) in [6.45, 7) is 6.62. The van der Waals surface area contributed by atoms with Gasteiger partial charge in [-0.3, -0.25) is 0 Å². The molecule has 0 saturated carbocycles. The number of halogens is 1. The Hall–Kier alpha value is -0.420. The maximum absolute atomic E-state index is 5.70. The zero-order valence-corrected chi connectivity index (χ0v) is 14.8. The van der Waals surface area contributed by atoms with Gasteiger partial charge in [0.25, 0.3) is 0 Å². The highest BCUT2D eigenvalue weighted by Crippen LogP contribution is 2.22. The second-order valence-corrected chi connectivity index (χ2v) is 6.12. The third-order valence-electron chi connectivity index (χ3n) is 3.39. The standard InChI is InChI=1S/C17H28BrNO2/c1-3-9-19-14-16(8-12-21-11-5-10-20-2)15-6-4-7-17(18)13-15/h4,6-7,13,16,19H,3,5,8-12,14H2,1-2H3. The summed E-state index contributed by atoms with van der Waals surface area (Å²) in [4.78, 5) is 0. The van der Waals surface area contributed by atoms with Crippen LogP contribution in [0.3, 0.4) is 0 Å². The maximum atomic E-state index is 5.70. The van der Waals surface area contributed by atoms with Crippen LogP contribution in [0.25, 0.3) is 0 Å². The minimum atomic E-state index is 0.497. The first kappa shape index (κ1) is 18.6. The van der Waals surface area contributed by atoms with Crippen molar-refractivity contribution in [2.75, 3.05) is 40.0 Å². The molecule has 0 bridgehead atoms. The fourth-order valence-corrected chi connectivity index (χ4v) is 2.65. The summed E-state index contributed by atoms with van der Waals surface area (Å²) in [5.74, 6) is 0.497. The van der Waals surface area contributed by atoms with E-state index in [1.54, 1.807) is 7.11 Å². The maximum Gasteiger partial charge on any atom is 0.0487 e. The summed E-state index contributed by atoms with van der Waals surface area (Å²) in [7, 11) is 1.72. The molecular formula is C17H28BrNO2. The normalized spacial score (nSPS) is 12.5. The van der Waals surface area contributed by atoms with Gasteiger partial charge in [-0.05, 0) is 49.4 Å². The van der Waals surface area contributed by atoms with Gasteiger partial charge in [-0.25, -0.2) is 0 Å². The van der Waals surface area contributed by atoms with Crippen molar-refractivity contribution in [3.05, 3.63) is 34.3 Å². The van der Waals surface area contributed by atoms with Crippen LogP contribution in [-0.2, 0) is 9.47 Å². The average Bonchev–Trinajstić information content (AvgIpc) is 2.49. The van der Waals surface area contributed by atoms with E-state index in [0.717, 1.165) is 50.2 Å². The second-order valence-electron chi connectivity index (χ2n) is 5.20. The molecule has 1 unspecified atom stereocenters. The Balaban J connectivity index is 2.41. The topological polar surface area (TPSA) is 30.5 Å². The van der Waals surface area contributed by atoms with Gasteiger partial charge in [0, 0.05) is 37.9 Å². The van der Waals surface area contributed by atoms with Crippen LogP contribution in [0, 0.1) is 0 Å². The van der Waals surface area contributed by atoms with Crippen molar-refractivity contribution in [3.63, 3.8) is 0 Å². The van der Waals surface area contributed by atoms with E-state index in [4.69, 9.17) is 9.47 Å². The van der Waals surface area contributed by atoms with E-state index in [1.807, 2.05) is 0 Å². The first-order valence-corrected chi connectivity index (χ1v) is 8.60. The van der Waals surface area contributed by atoms with E-state index >= 15 is 0 Å². The van der Waals surface area contributed by atoms with Gasteiger partial charge in [-0.2, -0.15) is 0 Å². The van der Waals surface area contributed by atoms with Gasteiger partial charge in [-0.1, -0.05) is 35.0 Å². The summed E-state index contributed by atoms with van der Waals surface area (Å²) in [6.07, 6.45) is 3.17. The molecule has 1 aromatic rings. The molecule has 1 N–H and O–H groups in total. The summed E-state index contributed by atoms with van der Waals surface area (Å²) in [6, 6.07) is 8.59. The number of benzene rings is 1. The van der Waals surface area contributed by atoms with Gasteiger partial charge in [0.05, 0.1) is 0 Å². The summed E-state index contributed by atoms with van der Waals surface area (Å²) in [5, 5.41) is 3.52. The summed E-state index contributed by atoms with van der Waals surface area (Å²) >= 11 is 3.56. The van der Waals surface area contributed by atoms with Crippen molar-refractivity contribution in [2.45, 2.75) is 32.1 Å². The lowest BCUT2D eigenvalue weighted by Gasteiger charge is -2.18. The third kappa shape index (κ3) is 8.57. The highest BCUT2D eigenvalue weighted by atomic mass is 79.9. The van der Waals surface area contributed by atoms with Crippen LogP contribution in [0.15, 0.2) is 28.7 Å². The number of hydrogen-bond donors (Lipinski definition) is 1. The molecule has 1 rings (SSSR count). The SMILES string of the molecule is CCCNCC(CCOCCCOC)c1cccc(Br)c1. The first-order valence-electron chi connectivity index (χ1n) is 7.80. The average molecular weight is 358 g/mol. The lowest BCUT2D eigenvalue weighted by molar-refractivity contribution is 0.0980. The molecule has 21 heavy (non-hydrogen) atoms. The van der Waals surface area contributed by atoms with Crippen molar-refractivity contribution < 1.29 is 9.47 Å². The molecule has 0 spiro atoms. The van der Waals surface area contributed by atoms with Crippen molar-refractivity contribution in [3.8, 4) is 0 Å². The number of rotatable bonds is 12. The van der Waals surface area contributed by atoms with E-state index < -0.39 is 0 Å². The number of nitrogens with one attached hydrogen (secondary N) is 1. The Morgan fingerprint density at radius 1 is 1.24 bits per heavy atom. The van der Waals surface area contributed by atoms with E-state index in [-0.39, 0.29) is 0 Å². The minimum Gasteiger partial charge on any atom is -0.385 e. The molecular weight excluding hydrogens is 330 g/mol. The molecule has 4 heteroatoms. The smallest absolute Gasteiger partial charge is 0.0487 e. The van der Waals surface area contributed by atoms with Gasteiger partial charge in [-0.15, -0.1) is 0 Å². The molecule has 1 atom stereocenters. The molecule has 0 aliphatic heterocycles. The number of ether oxygens (including phenoxy) is 2. The van der Waals surface area contributed by atoms with Crippen LogP contribution < -0.4 is 5.32 Å². The fraction of sp³-hybridized carbons (Fsp3) is 0.647. The van der Waals surface area contributed by atoms with Gasteiger partial charge < -0.3 is 14.8 Å². The summed E-state index contributed by atoms with van der Waals surface area (Å²) < 4.78 is 11.9. The molecule has 0 fully saturated rings. The molecule has 1 aromatic carbocycles. The number of hydrogen-bond acceptors (Lipinski definition) is 3. The molecule has 0 heterocycles. The van der Waals surface area contributed by atoms with E-state index in [9.17, 15) is 0 Å². The van der Waals surface area contributed by atoms with Crippen molar-refractivity contribution in [1.82, 2.24) is 5.32 Å². The fourth-order valence-electron chi connectivity index (χ4n) is 2.23. The molecule has 0 aliphatic carbocycles. The molecule has 120 valence electrons. The Labute approximate surface area is 137 Å². The van der Waals surface area contributed by atoms with Gasteiger partial charge in [0.1, 0.15) is 0 Å². The van der Waals surface area contributed by atoms with Crippen molar-refractivity contribution in [2.24, 2.45) is 0 Å². The van der Waals surface area contributed by atoms with Crippen LogP contribution in [0.4, 0.5) is 0 Å². The van der Waals surface area contributed by atoms with E-state index in [0.29, 0.717) is 5.92 Å². The minimum absolute atomic E-state index is 0.497. The Morgan fingerprint density at radius 2 is 2.10 bits per heavy atom. The van der Waals surface area contributed by atoms with E-state index in [2.05, 4.69) is 52.4 Å². The lowest BCUT2D eigenvalue weighted by Crippen LogP contribution is -2.23. The molecule has 3 nitrogen and oxygen atoms in total. The molecule has 0 saturated heterocycles. The van der Waals surface area contributed by atoms with Gasteiger partial charge >= 0.3 is 0 Å². The predicted molar refractivity (Wildman–Crippen MR) is 92.0 cm³/mol. The monoisotopic (exact) mass is 357 g/mol. The van der Waals surface area contributed by atoms with Crippen LogP contribution in [0.1, 0.15) is 37.7 Å². The van der Waals surface area contributed by atoms with Gasteiger partial charge in [0.15, 0.2) is 0 Å². The molecule has 0 aliphatic rings. The second kappa shape index (κ2) is 12.2. The lowest BCUT2D eigenvalue weighted by atomic mass is 9.96. The van der Waals surface area contributed by atoms with E-state index in [1.165, 1.54) is 12.0 Å². The molecule has 0 radical (unpaired) electrons. The zero-order chi connectivity index (χ0) is 15.3. The Bertz CT molecular complexity index is 374. The van der Waals surface area contributed by atoms with Crippen molar-refractivity contribution >= 4 is 15.9 Å². The molecule has 0 amide bonds. The van der Waals surface area contributed by atoms with Crippen LogP contribution >= 0.6 is 15.9 Å². The Kier molecular flexibility index (Phi) is 10.8. The predicted octanol–water partition coefficient (Wildman–Crippen LogP) is 3.98. The zero-order valence-electron chi connectivity index (χ0n) is 13.2. The van der Waals surface area contributed by atoms with Crippen LogP contribution in [0.5, 0.6) is 0 Å². The Morgan fingerprint density at radius 3 is 2.81 bits per heavy atom. The van der Waals surface area contributed by atoms with Crippen LogP contribution in [0.2, 0.25) is 0 Å². The highest BCUT2D eigenvalue weighted by molar-refractivity contribution is 9.10.